The number of aryl methyl sites for hydroxylation is 1. The largest absolute Gasteiger partial charge is 0.325 e. The monoisotopic (exact) mass is 222 g/mol. The predicted octanol–water partition coefficient (Wildman–Crippen LogP) is 3.88. The van der Waals surface area contributed by atoms with Crippen molar-refractivity contribution in [2.24, 2.45) is 0 Å². The predicted molar refractivity (Wildman–Crippen MR) is 73.6 cm³/mol. The Labute approximate surface area is 102 Å². The number of quaternary nitrogens is 1. The quantitative estimate of drug-likeness (QED) is 0.678. The van der Waals surface area contributed by atoms with Gasteiger partial charge in [0.05, 0.1) is 26.2 Å². The second kappa shape index (κ2) is 8.35. The first-order valence-electron chi connectivity index (χ1n) is 6.50. The normalized spacial score (nSPS) is 10.6. The van der Waals surface area contributed by atoms with Crippen LogP contribution in [0.3, 0.4) is 0 Å². The summed E-state index contributed by atoms with van der Waals surface area (Å²) in [5.74, 6) is 0. The zero-order chi connectivity index (χ0) is 12.4. The molecular formula is C15H28N+. The van der Waals surface area contributed by atoms with Crippen molar-refractivity contribution >= 4 is 0 Å². The molecule has 0 N–H and O–H groups in total. The van der Waals surface area contributed by atoms with Crippen molar-refractivity contribution in [3.8, 4) is 0 Å². The highest BCUT2D eigenvalue weighted by Crippen LogP contribution is 2.03. The molecule has 1 aromatic rings. The van der Waals surface area contributed by atoms with Crippen molar-refractivity contribution in [3.05, 3.63) is 35.9 Å². The van der Waals surface area contributed by atoms with Crippen molar-refractivity contribution in [1.82, 2.24) is 0 Å². The first-order valence-corrected chi connectivity index (χ1v) is 6.50. The van der Waals surface area contributed by atoms with E-state index in [4.69, 9.17) is 0 Å². The van der Waals surface area contributed by atoms with E-state index in [0.717, 1.165) is 0 Å². The van der Waals surface area contributed by atoms with Gasteiger partial charge in [-0.1, -0.05) is 35.9 Å². The molecule has 0 radical (unpaired) electrons. The van der Waals surface area contributed by atoms with Gasteiger partial charge in [-0.15, -0.1) is 0 Å². The Kier molecular flexibility index (Phi) is 7.92. The Morgan fingerprint density at radius 3 is 1.25 bits per heavy atom. The molecule has 0 aliphatic carbocycles. The van der Waals surface area contributed by atoms with Gasteiger partial charge in [-0.05, 0) is 34.6 Å². The topological polar surface area (TPSA) is 0 Å². The molecule has 0 saturated heterocycles. The van der Waals surface area contributed by atoms with Crippen molar-refractivity contribution in [3.63, 3.8) is 0 Å². The molecule has 0 atom stereocenters. The molecule has 0 aliphatic rings. The molecule has 92 valence electrons. The Bertz CT molecular complexity index is 232. The molecule has 1 aromatic carbocycles. The lowest BCUT2D eigenvalue weighted by Crippen LogP contribution is -2.47. The van der Waals surface area contributed by atoms with Crippen LogP contribution in [0, 0.1) is 6.92 Å². The minimum absolute atomic E-state index is 1.28. The van der Waals surface area contributed by atoms with Crippen LogP contribution >= 0.6 is 0 Å². The molecule has 0 fully saturated rings. The summed E-state index contributed by atoms with van der Waals surface area (Å²) >= 11 is 0. The number of nitrogens with zero attached hydrogens (tertiary/aromatic N) is 1. The average molecular weight is 222 g/mol. The van der Waals surface area contributed by atoms with E-state index in [2.05, 4.69) is 46.8 Å². The molecule has 0 saturated carbocycles. The van der Waals surface area contributed by atoms with E-state index < -0.39 is 0 Å². The molecule has 0 aliphatic heterocycles. The maximum Gasteiger partial charge on any atom is 0.0757 e. The van der Waals surface area contributed by atoms with Crippen molar-refractivity contribution in [2.75, 3.05) is 26.2 Å². The Balaban J connectivity index is 0.000000288. The van der Waals surface area contributed by atoms with Crippen LogP contribution in [0.4, 0.5) is 0 Å². The van der Waals surface area contributed by atoms with Crippen LogP contribution < -0.4 is 0 Å². The molecule has 1 rings (SSSR count). The van der Waals surface area contributed by atoms with Crippen molar-refractivity contribution < 1.29 is 4.48 Å². The van der Waals surface area contributed by atoms with Crippen LogP contribution in [0.25, 0.3) is 0 Å². The molecule has 16 heavy (non-hydrogen) atoms. The first kappa shape index (κ1) is 15.2. The molecule has 1 heteroatoms. The van der Waals surface area contributed by atoms with Gasteiger partial charge in [0.15, 0.2) is 0 Å². The van der Waals surface area contributed by atoms with Gasteiger partial charge in [0.25, 0.3) is 0 Å². The van der Waals surface area contributed by atoms with Crippen LogP contribution in [0.15, 0.2) is 30.3 Å². The smallest absolute Gasteiger partial charge is 0.0757 e. The lowest BCUT2D eigenvalue weighted by Gasteiger charge is -2.34. The van der Waals surface area contributed by atoms with Gasteiger partial charge in [-0.25, -0.2) is 0 Å². The van der Waals surface area contributed by atoms with Gasteiger partial charge in [-0.3, -0.25) is 0 Å². The van der Waals surface area contributed by atoms with Crippen molar-refractivity contribution in [2.45, 2.75) is 34.6 Å². The lowest BCUT2D eigenvalue weighted by molar-refractivity contribution is -0.921. The van der Waals surface area contributed by atoms with Crippen molar-refractivity contribution in [1.29, 1.82) is 0 Å². The standard InChI is InChI=1S/C8H20N.C7H8/c1-5-9(6-2,7-3)8-4;1-7-5-3-2-4-6-7/h5-8H2,1-4H3;2-6H,1H3/q+1;. The average Bonchev–Trinajstić information content (AvgIpc) is 2.35. The molecule has 0 heterocycles. The lowest BCUT2D eigenvalue weighted by atomic mass is 10.2. The first-order chi connectivity index (χ1) is 7.64. The van der Waals surface area contributed by atoms with Gasteiger partial charge >= 0.3 is 0 Å². The molecule has 1 nitrogen and oxygen atoms in total. The minimum atomic E-state index is 1.28. The van der Waals surface area contributed by atoms with E-state index in [9.17, 15) is 0 Å². The third kappa shape index (κ3) is 5.32. The summed E-state index contributed by atoms with van der Waals surface area (Å²) in [4.78, 5) is 0. The fourth-order valence-electron chi connectivity index (χ4n) is 1.88. The number of hydrogen-bond acceptors (Lipinski definition) is 0. The van der Waals surface area contributed by atoms with Crippen LogP contribution in [-0.2, 0) is 0 Å². The van der Waals surface area contributed by atoms with E-state index >= 15 is 0 Å². The molecule has 0 unspecified atom stereocenters. The van der Waals surface area contributed by atoms with E-state index in [-0.39, 0.29) is 0 Å². The molecule has 0 aromatic heterocycles. The second-order valence-corrected chi connectivity index (χ2v) is 4.26. The van der Waals surface area contributed by atoms with E-state index in [1.54, 1.807) is 0 Å². The summed E-state index contributed by atoms with van der Waals surface area (Å²) < 4.78 is 1.28. The summed E-state index contributed by atoms with van der Waals surface area (Å²) in [6.07, 6.45) is 0. The molecule has 0 amide bonds. The molecular weight excluding hydrogens is 194 g/mol. The van der Waals surface area contributed by atoms with Gasteiger partial charge in [0.2, 0.25) is 0 Å². The zero-order valence-corrected chi connectivity index (χ0v) is 11.7. The van der Waals surface area contributed by atoms with Crippen LogP contribution in [0.1, 0.15) is 33.3 Å². The number of hydrogen-bond donors (Lipinski definition) is 0. The SMILES string of the molecule is CC[N+](CC)(CC)CC.Cc1ccccc1. The van der Waals surface area contributed by atoms with Gasteiger partial charge in [0, 0.05) is 0 Å². The summed E-state index contributed by atoms with van der Waals surface area (Å²) in [6.45, 7) is 16.3. The second-order valence-electron chi connectivity index (χ2n) is 4.26. The number of rotatable bonds is 4. The van der Waals surface area contributed by atoms with Gasteiger partial charge < -0.3 is 4.48 Å². The summed E-state index contributed by atoms with van der Waals surface area (Å²) in [5.41, 5.74) is 1.32. The maximum atomic E-state index is 2.27. The maximum absolute atomic E-state index is 2.27. The van der Waals surface area contributed by atoms with E-state index in [0.29, 0.717) is 0 Å². The van der Waals surface area contributed by atoms with Crippen LogP contribution in [-0.4, -0.2) is 30.7 Å². The Morgan fingerprint density at radius 1 is 0.750 bits per heavy atom. The van der Waals surface area contributed by atoms with Gasteiger partial charge in [-0.2, -0.15) is 0 Å². The van der Waals surface area contributed by atoms with E-state index in [1.807, 2.05) is 18.2 Å². The highest BCUT2D eigenvalue weighted by Gasteiger charge is 2.16. The summed E-state index contributed by atoms with van der Waals surface area (Å²) in [6, 6.07) is 10.3. The minimum Gasteiger partial charge on any atom is -0.325 e. The zero-order valence-electron chi connectivity index (χ0n) is 11.7. The molecule has 0 bridgehead atoms. The highest BCUT2D eigenvalue weighted by molar-refractivity contribution is 5.11. The highest BCUT2D eigenvalue weighted by atomic mass is 15.3. The van der Waals surface area contributed by atoms with Crippen LogP contribution in [0.2, 0.25) is 0 Å². The summed E-state index contributed by atoms with van der Waals surface area (Å²) in [5, 5.41) is 0. The Hall–Kier alpha value is -0.820. The Morgan fingerprint density at radius 2 is 1.12 bits per heavy atom. The summed E-state index contributed by atoms with van der Waals surface area (Å²) in [7, 11) is 0. The fourth-order valence-corrected chi connectivity index (χ4v) is 1.88. The van der Waals surface area contributed by atoms with Crippen LogP contribution in [0.5, 0.6) is 0 Å². The molecule has 0 spiro atoms. The van der Waals surface area contributed by atoms with Gasteiger partial charge in [0.1, 0.15) is 0 Å². The fraction of sp³-hybridized carbons (Fsp3) is 0.600. The third-order valence-electron chi connectivity index (χ3n) is 3.62. The number of benzene rings is 1. The van der Waals surface area contributed by atoms with E-state index in [1.165, 1.54) is 36.2 Å². The third-order valence-corrected chi connectivity index (χ3v) is 3.62.